The topological polar surface area (TPSA) is 41.9 Å². The first kappa shape index (κ1) is 14.2. The summed E-state index contributed by atoms with van der Waals surface area (Å²) in [5.74, 6) is -0.239. The van der Waals surface area contributed by atoms with Crippen molar-refractivity contribution in [3.63, 3.8) is 0 Å². The van der Waals surface area contributed by atoms with Crippen LogP contribution in [0.25, 0.3) is 0 Å². The highest BCUT2D eigenvalue weighted by Gasteiger charge is 2.21. The lowest BCUT2D eigenvalue weighted by molar-refractivity contribution is 0.0162. The van der Waals surface area contributed by atoms with Gasteiger partial charge in [0.2, 0.25) is 0 Å². The predicted molar refractivity (Wildman–Crippen MR) is 71.0 cm³/mol. The summed E-state index contributed by atoms with van der Waals surface area (Å²) in [6, 6.07) is 4.82. The Kier molecular flexibility index (Phi) is 5.13. The third kappa shape index (κ3) is 3.89. The van der Waals surface area contributed by atoms with E-state index in [0.717, 1.165) is 24.2 Å². The Labute approximate surface area is 112 Å². The first-order chi connectivity index (χ1) is 9.20. The number of hydrogen-bond acceptors (Lipinski definition) is 4. The van der Waals surface area contributed by atoms with E-state index in [1.807, 2.05) is 11.0 Å². The van der Waals surface area contributed by atoms with E-state index in [2.05, 4.69) is 0 Å². The Balaban J connectivity index is 1.83. The summed E-state index contributed by atoms with van der Waals surface area (Å²) >= 11 is 0. The lowest BCUT2D eigenvalue weighted by Crippen LogP contribution is -2.34. The number of halogens is 1. The van der Waals surface area contributed by atoms with Crippen molar-refractivity contribution in [2.75, 3.05) is 44.9 Å². The summed E-state index contributed by atoms with van der Waals surface area (Å²) in [7, 11) is 1.61. The van der Waals surface area contributed by atoms with Gasteiger partial charge in [-0.05, 0) is 24.1 Å². The first-order valence-corrected chi connectivity index (χ1v) is 6.49. The fourth-order valence-electron chi connectivity index (χ4n) is 2.28. The van der Waals surface area contributed by atoms with E-state index in [9.17, 15) is 9.50 Å². The molecule has 0 aliphatic carbocycles. The number of fused-ring (bicyclic) bond motifs is 1. The van der Waals surface area contributed by atoms with Crippen LogP contribution in [0.15, 0.2) is 18.2 Å². The number of anilines is 1. The zero-order valence-electron chi connectivity index (χ0n) is 11.1. The van der Waals surface area contributed by atoms with E-state index in [1.54, 1.807) is 7.11 Å². The van der Waals surface area contributed by atoms with Gasteiger partial charge in [-0.1, -0.05) is 6.07 Å². The molecule has 0 fully saturated rings. The molecule has 0 aromatic heterocycles. The van der Waals surface area contributed by atoms with Gasteiger partial charge in [-0.2, -0.15) is 0 Å². The summed E-state index contributed by atoms with van der Waals surface area (Å²) in [4.78, 5) is 2.00. The quantitative estimate of drug-likeness (QED) is 0.756. The Morgan fingerprint density at radius 1 is 1.42 bits per heavy atom. The average Bonchev–Trinajstić information content (AvgIpc) is 2.77. The zero-order chi connectivity index (χ0) is 13.7. The number of rotatable bonds is 7. The van der Waals surface area contributed by atoms with Crippen LogP contribution < -0.4 is 4.90 Å². The molecule has 1 unspecified atom stereocenters. The highest BCUT2D eigenvalue weighted by molar-refractivity contribution is 5.58. The second-order valence-corrected chi connectivity index (χ2v) is 4.69. The fourth-order valence-corrected chi connectivity index (χ4v) is 2.28. The number of hydrogen-bond donors (Lipinski definition) is 1. The van der Waals surface area contributed by atoms with Crippen LogP contribution in [0.5, 0.6) is 0 Å². The largest absolute Gasteiger partial charge is 0.389 e. The van der Waals surface area contributed by atoms with Crippen LogP contribution in [0.4, 0.5) is 10.1 Å². The molecule has 0 spiro atoms. The molecule has 1 aromatic carbocycles. The minimum atomic E-state index is -0.578. The summed E-state index contributed by atoms with van der Waals surface area (Å²) in [5, 5.41) is 9.90. The molecule has 1 aliphatic rings. The van der Waals surface area contributed by atoms with E-state index in [0.29, 0.717) is 19.8 Å². The van der Waals surface area contributed by atoms with Gasteiger partial charge in [0.15, 0.2) is 0 Å². The zero-order valence-corrected chi connectivity index (χ0v) is 11.1. The maximum absolute atomic E-state index is 13.2. The van der Waals surface area contributed by atoms with E-state index >= 15 is 0 Å². The fraction of sp³-hybridized carbons (Fsp3) is 0.571. The lowest BCUT2D eigenvalue weighted by atomic mass is 10.2. The number of aliphatic hydroxyl groups excluding tert-OH is 1. The van der Waals surface area contributed by atoms with Crippen LogP contribution in [-0.2, 0) is 15.9 Å². The van der Waals surface area contributed by atoms with Crippen LogP contribution in [0.3, 0.4) is 0 Å². The SMILES string of the molecule is COCCOCC(O)CN1CCc2ccc(F)cc21. The lowest BCUT2D eigenvalue weighted by Gasteiger charge is -2.22. The van der Waals surface area contributed by atoms with Crippen molar-refractivity contribution in [2.24, 2.45) is 0 Å². The number of methoxy groups -OCH3 is 1. The van der Waals surface area contributed by atoms with Crippen molar-refractivity contribution >= 4 is 5.69 Å². The highest BCUT2D eigenvalue weighted by atomic mass is 19.1. The molecule has 0 saturated heterocycles. The van der Waals surface area contributed by atoms with Crippen molar-refractivity contribution in [1.82, 2.24) is 0 Å². The number of β-amino-alcohol motifs (C(OH)–C–C–N with tert-alkyl or cyclic N) is 1. The van der Waals surface area contributed by atoms with E-state index in [1.165, 1.54) is 12.1 Å². The molecule has 19 heavy (non-hydrogen) atoms. The highest BCUT2D eigenvalue weighted by Crippen LogP contribution is 2.28. The number of ether oxygens (including phenoxy) is 2. The molecular formula is C14H20FNO3. The molecule has 1 heterocycles. The third-order valence-electron chi connectivity index (χ3n) is 3.21. The molecule has 0 radical (unpaired) electrons. The molecule has 1 aliphatic heterocycles. The van der Waals surface area contributed by atoms with Gasteiger partial charge in [-0.3, -0.25) is 0 Å². The van der Waals surface area contributed by atoms with Gasteiger partial charge in [0.1, 0.15) is 5.82 Å². The summed E-state index contributed by atoms with van der Waals surface area (Å²) in [6.45, 7) is 2.53. The standard InChI is InChI=1S/C14H20FNO3/c1-18-6-7-19-10-13(17)9-16-5-4-11-2-3-12(15)8-14(11)16/h2-3,8,13,17H,4-7,9-10H2,1H3. The molecule has 0 saturated carbocycles. The Morgan fingerprint density at radius 2 is 2.26 bits per heavy atom. The third-order valence-corrected chi connectivity index (χ3v) is 3.21. The van der Waals surface area contributed by atoms with E-state index < -0.39 is 6.10 Å². The van der Waals surface area contributed by atoms with Crippen LogP contribution in [0.1, 0.15) is 5.56 Å². The molecule has 0 amide bonds. The van der Waals surface area contributed by atoms with Crippen molar-refractivity contribution in [3.8, 4) is 0 Å². The van der Waals surface area contributed by atoms with Gasteiger partial charge in [0, 0.05) is 25.9 Å². The summed E-state index contributed by atoms with van der Waals surface area (Å²) < 4.78 is 23.4. The van der Waals surface area contributed by atoms with Crippen molar-refractivity contribution < 1.29 is 19.0 Å². The number of aliphatic hydroxyl groups is 1. The van der Waals surface area contributed by atoms with Gasteiger partial charge in [-0.15, -0.1) is 0 Å². The van der Waals surface area contributed by atoms with Gasteiger partial charge >= 0.3 is 0 Å². The van der Waals surface area contributed by atoms with Gasteiger partial charge in [0.05, 0.1) is 25.9 Å². The van der Waals surface area contributed by atoms with Gasteiger partial charge in [0.25, 0.3) is 0 Å². The molecule has 1 atom stereocenters. The van der Waals surface area contributed by atoms with Crippen molar-refractivity contribution in [3.05, 3.63) is 29.6 Å². The molecule has 1 aromatic rings. The summed E-state index contributed by atoms with van der Waals surface area (Å²) in [6.07, 6.45) is 0.318. The van der Waals surface area contributed by atoms with E-state index in [-0.39, 0.29) is 12.4 Å². The molecule has 5 heteroatoms. The molecule has 0 bridgehead atoms. The molecule has 106 valence electrons. The monoisotopic (exact) mass is 269 g/mol. The molecule has 1 N–H and O–H groups in total. The van der Waals surface area contributed by atoms with Crippen LogP contribution in [-0.4, -0.2) is 51.2 Å². The summed E-state index contributed by atoms with van der Waals surface area (Å²) in [5.41, 5.74) is 2.02. The van der Waals surface area contributed by atoms with E-state index in [4.69, 9.17) is 9.47 Å². The van der Waals surface area contributed by atoms with Crippen molar-refractivity contribution in [2.45, 2.75) is 12.5 Å². The molecule has 4 nitrogen and oxygen atoms in total. The van der Waals surface area contributed by atoms with Crippen LogP contribution in [0.2, 0.25) is 0 Å². The first-order valence-electron chi connectivity index (χ1n) is 6.49. The second kappa shape index (κ2) is 6.84. The Hall–Kier alpha value is -1.17. The van der Waals surface area contributed by atoms with Gasteiger partial charge in [-0.25, -0.2) is 4.39 Å². The minimum absolute atomic E-state index is 0.239. The molecular weight excluding hydrogens is 249 g/mol. The van der Waals surface area contributed by atoms with Gasteiger partial charge < -0.3 is 19.5 Å². The van der Waals surface area contributed by atoms with Crippen LogP contribution in [0, 0.1) is 5.82 Å². The Bertz CT molecular complexity index is 414. The second-order valence-electron chi connectivity index (χ2n) is 4.69. The van der Waals surface area contributed by atoms with Crippen molar-refractivity contribution in [1.29, 1.82) is 0 Å². The Morgan fingerprint density at radius 3 is 3.05 bits per heavy atom. The normalized spacial score (nSPS) is 15.6. The maximum atomic E-state index is 13.2. The maximum Gasteiger partial charge on any atom is 0.125 e. The molecule has 2 rings (SSSR count). The predicted octanol–water partition coefficient (Wildman–Crippen LogP) is 1.21. The number of benzene rings is 1. The smallest absolute Gasteiger partial charge is 0.125 e. The number of nitrogens with zero attached hydrogens (tertiary/aromatic N) is 1. The van der Waals surface area contributed by atoms with Crippen LogP contribution >= 0.6 is 0 Å². The minimum Gasteiger partial charge on any atom is -0.389 e. The average molecular weight is 269 g/mol.